The number of carbonyl (C=O) groups excluding carboxylic acids is 1. The number of amides is 1. The third-order valence-electron chi connectivity index (χ3n) is 1.89. The summed E-state index contributed by atoms with van der Waals surface area (Å²) in [5.74, 6) is -3.34. The van der Waals surface area contributed by atoms with E-state index >= 15 is 0 Å². The molecular formula is C11H12F2N2O. The summed E-state index contributed by atoms with van der Waals surface area (Å²) in [6.07, 6.45) is 1.11. The minimum atomic E-state index is -2.97. The summed E-state index contributed by atoms with van der Waals surface area (Å²) in [6, 6.07) is 4.30. The summed E-state index contributed by atoms with van der Waals surface area (Å²) in [5.41, 5.74) is 0.0760. The second-order valence-corrected chi connectivity index (χ2v) is 3.32. The van der Waals surface area contributed by atoms with Crippen molar-refractivity contribution in [3.63, 3.8) is 0 Å². The molecule has 0 aliphatic rings. The molecule has 1 aromatic rings. The minimum absolute atomic E-state index is 0.106. The van der Waals surface area contributed by atoms with E-state index in [0.717, 1.165) is 13.0 Å². The molecule has 3 nitrogen and oxygen atoms in total. The maximum atomic E-state index is 12.9. The first kappa shape index (κ1) is 12.3. The van der Waals surface area contributed by atoms with Gasteiger partial charge in [0.2, 0.25) is 5.91 Å². The van der Waals surface area contributed by atoms with Gasteiger partial charge in [0.05, 0.1) is 12.2 Å². The molecule has 0 spiro atoms. The zero-order valence-electron chi connectivity index (χ0n) is 8.84. The number of hydrogen-bond donors (Lipinski definition) is 1. The van der Waals surface area contributed by atoms with E-state index in [4.69, 9.17) is 0 Å². The molecular weight excluding hydrogens is 214 g/mol. The summed E-state index contributed by atoms with van der Waals surface area (Å²) in [7, 11) is 0. The van der Waals surface area contributed by atoms with Crippen molar-refractivity contribution in [2.75, 3.05) is 0 Å². The third kappa shape index (κ3) is 3.42. The van der Waals surface area contributed by atoms with Gasteiger partial charge < -0.3 is 5.32 Å². The molecule has 0 bridgehead atoms. The van der Waals surface area contributed by atoms with E-state index < -0.39 is 5.92 Å². The lowest BCUT2D eigenvalue weighted by Gasteiger charge is -2.10. The van der Waals surface area contributed by atoms with Crippen LogP contribution in [0.3, 0.4) is 0 Å². The van der Waals surface area contributed by atoms with Crippen molar-refractivity contribution < 1.29 is 13.6 Å². The lowest BCUT2D eigenvalue weighted by atomic mass is 10.2. The van der Waals surface area contributed by atoms with Crippen LogP contribution in [-0.2, 0) is 17.3 Å². The highest BCUT2D eigenvalue weighted by atomic mass is 19.3. The van der Waals surface area contributed by atoms with Gasteiger partial charge in [-0.15, -0.1) is 0 Å². The summed E-state index contributed by atoms with van der Waals surface area (Å²) in [5, 5.41) is 2.46. The van der Waals surface area contributed by atoms with Gasteiger partial charge in [-0.1, -0.05) is 12.6 Å². The maximum absolute atomic E-state index is 12.9. The Morgan fingerprint density at radius 2 is 2.31 bits per heavy atom. The molecule has 0 radical (unpaired) electrons. The SMILES string of the molecule is C=CC(=O)NCc1cccc(C(C)(F)F)n1. The molecule has 0 saturated heterocycles. The first-order valence-electron chi connectivity index (χ1n) is 4.68. The van der Waals surface area contributed by atoms with Crippen LogP contribution < -0.4 is 5.32 Å². The Balaban J connectivity index is 2.75. The van der Waals surface area contributed by atoms with Gasteiger partial charge in [-0.05, 0) is 18.2 Å². The number of nitrogens with one attached hydrogen (secondary N) is 1. The van der Waals surface area contributed by atoms with Gasteiger partial charge in [0.15, 0.2) is 0 Å². The highest BCUT2D eigenvalue weighted by Crippen LogP contribution is 2.24. The molecule has 1 heterocycles. The molecule has 0 aliphatic carbocycles. The molecule has 0 unspecified atom stereocenters. The molecule has 1 rings (SSSR count). The molecule has 86 valence electrons. The van der Waals surface area contributed by atoms with Crippen molar-refractivity contribution in [3.05, 3.63) is 42.2 Å². The first-order valence-corrected chi connectivity index (χ1v) is 4.68. The molecule has 5 heteroatoms. The van der Waals surface area contributed by atoms with Crippen molar-refractivity contribution in [3.8, 4) is 0 Å². The van der Waals surface area contributed by atoms with Crippen LogP contribution >= 0.6 is 0 Å². The van der Waals surface area contributed by atoms with Crippen molar-refractivity contribution in [1.82, 2.24) is 10.3 Å². The molecule has 0 fully saturated rings. The molecule has 0 aromatic carbocycles. The average molecular weight is 226 g/mol. The minimum Gasteiger partial charge on any atom is -0.347 e. The quantitative estimate of drug-likeness (QED) is 0.798. The molecule has 0 atom stereocenters. The summed E-state index contributed by atoms with van der Waals surface area (Å²) >= 11 is 0. The Morgan fingerprint density at radius 1 is 1.62 bits per heavy atom. The van der Waals surface area contributed by atoms with Crippen LogP contribution in [0.25, 0.3) is 0 Å². The number of nitrogens with zero attached hydrogens (tertiary/aromatic N) is 1. The number of alkyl halides is 2. The van der Waals surface area contributed by atoms with E-state index in [1.807, 2.05) is 0 Å². The van der Waals surface area contributed by atoms with Crippen LogP contribution in [0.5, 0.6) is 0 Å². The van der Waals surface area contributed by atoms with Crippen molar-refractivity contribution in [1.29, 1.82) is 0 Å². The number of aromatic nitrogens is 1. The normalized spacial score (nSPS) is 10.9. The molecule has 0 saturated carbocycles. The standard InChI is InChI=1S/C11H12F2N2O/c1-3-10(16)14-7-8-5-4-6-9(15-8)11(2,12)13/h3-6H,1,7H2,2H3,(H,14,16). The second kappa shape index (κ2) is 4.83. The van der Waals surface area contributed by atoms with Crippen LogP contribution in [0, 0.1) is 0 Å². The van der Waals surface area contributed by atoms with Gasteiger partial charge in [0, 0.05) is 6.92 Å². The van der Waals surface area contributed by atoms with Gasteiger partial charge >= 0.3 is 0 Å². The number of pyridine rings is 1. The van der Waals surface area contributed by atoms with Crippen LogP contribution in [0.15, 0.2) is 30.9 Å². The molecule has 1 amide bonds. The number of rotatable bonds is 4. The van der Waals surface area contributed by atoms with Gasteiger partial charge in [-0.2, -0.15) is 8.78 Å². The molecule has 0 aliphatic heterocycles. The maximum Gasteiger partial charge on any atom is 0.286 e. The van der Waals surface area contributed by atoms with Gasteiger partial charge in [-0.3, -0.25) is 4.79 Å². The number of carbonyl (C=O) groups is 1. The van der Waals surface area contributed by atoms with Crippen molar-refractivity contribution in [2.24, 2.45) is 0 Å². The van der Waals surface area contributed by atoms with Crippen LogP contribution in [0.4, 0.5) is 8.78 Å². The fraction of sp³-hybridized carbons (Fsp3) is 0.273. The second-order valence-electron chi connectivity index (χ2n) is 3.32. The van der Waals surface area contributed by atoms with Crippen LogP contribution in [0.1, 0.15) is 18.3 Å². The van der Waals surface area contributed by atoms with Gasteiger partial charge in [0.25, 0.3) is 5.92 Å². The fourth-order valence-electron chi connectivity index (χ4n) is 1.07. The summed E-state index contributed by atoms with van der Waals surface area (Å²) in [6.45, 7) is 4.16. The zero-order valence-corrected chi connectivity index (χ0v) is 8.84. The van der Waals surface area contributed by atoms with Crippen LogP contribution in [-0.4, -0.2) is 10.9 Å². The molecule has 16 heavy (non-hydrogen) atoms. The summed E-state index contributed by atoms with van der Waals surface area (Å²) in [4.78, 5) is 14.6. The van der Waals surface area contributed by atoms with E-state index in [2.05, 4.69) is 16.9 Å². The Labute approximate surface area is 92.2 Å². The van der Waals surface area contributed by atoms with E-state index in [-0.39, 0.29) is 18.1 Å². The largest absolute Gasteiger partial charge is 0.347 e. The van der Waals surface area contributed by atoms with E-state index in [1.54, 1.807) is 6.07 Å². The Morgan fingerprint density at radius 3 is 2.88 bits per heavy atom. The lowest BCUT2D eigenvalue weighted by Crippen LogP contribution is -2.21. The third-order valence-corrected chi connectivity index (χ3v) is 1.89. The number of halogens is 2. The van der Waals surface area contributed by atoms with E-state index in [1.165, 1.54) is 12.1 Å². The van der Waals surface area contributed by atoms with Gasteiger partial charge in [-0.25, -0.2) is 4.98 Å². The topological polar surface area (TPSA) is 42.0 Å². The van der Waals surface area contributed by atoms with Crippen LogP contribution in [0.2, 0.25) is 0 Å². The smallest absolute Gasteiger partial charge is 0.286 e. The first-order chi connectivity index (χ1) is 7.43. The average Bonchev–Trinajstić information content (AvgIpc) is 2.25. The Hall–Kier alpha value is -1.78. The summed E-state index contributed by atoms with van der Waals surface area (Å²) < 4.78 is 25.9. The van der Waals surface area contributed by atoms with Crippen molar-refractivity contribution in [2.45, 2.75) is 19.4 Å². The number of hydrogen-bond acceptors (Lipinski definition) is 2. The Kier molecular flexibility index (Phi) is 3.71. The fourth-order valence-corrected chi connectivity index (χ4v) is 1.07. The molecule has 1 N–H and O–H groups in total. The lowest BCUT2D eigenvalue weighted by molar-refractivity contribution is -0.116. The van der Waals surface area contributed by atoms with E-state index in [9.17, 15) is 13.6 Å². The zero-order chi connectivity index (χ0) is 12.2. The van der Waals surface area contributed by atoms with E-state index in [0.29, 0.717) is 5.69 Å². The highest BCUT2D eigenvalue weighted by molar-refractivity contribution is 5.86. The monoisotopic (exact) mass is 226 g/mol. The predicted octanol–water partition coefficient (Wildman–Crippen LogP) is 2.00. The predicted molar refractivity (Wildman–Crippen MR) is 55.8 cm³/mol. The molecule has 1 aromatic heterocycles. The Bertz CT molecular complexity index is 399. The van der Waals surface area contributed by atoms with Crippen molar-refractivity contribution >= 4 is 5.91 Å². The highest BCUT2D eigenvalue weighted by Gasteiger charge is 2.25. The van der Waals surface area contributed by atoms with Gasteiger partial charge in [0.1, 0.15) is 5.69 Å².